The third-order valence-electron chi connectivity index (χ3n) is 2.94. The lowest BCUT2D eigenvalue weighted by atomic mass is 10.0. The zero-order valence-corrected chi connectivity index (χ0v) is 11.0. The molecule has 2 N–H and O–H groups in total. The van der Waals surface area contributed by atoms with Crippen molar-refractivity contribution in [1.29, 1.82) is 0 Å². The Labute approximate surface area is 116 Å². The number of carbonyl (C=O) groups excluding carboxylic acids is 1. The van der Waals surface area contributed by atoms with Crippen molar-refractivity contribution in [2.75, 3.05) is 0 Å². The summed E-state index contributed by atoms with van der Waals surface area (Å²) in [6, 6.07) is 8.45. The number of amides is 1. The lowest BCUT2D eigenvalue weighted by molar-refractivity contribution is -0.137. The van der Waals surface area contributed by atoms with Crippen LogP contribution in [-0.2, 0) is 11.8 Å². The van der Waals surface area contributed by atoms with Gasteiger partial charge in [-0.1, -0.05) is 30.3 Å². The van der Waals surface area contributed by atoms with Crippen molar-refractivity contribution in [3.05, 3.63) is 54.1 Å². The SMILES string of the molecule is Cn1cncc1C(=O)NC(CC(=O)O)c1ccccc1. The molecule has 0 spiro atoms. The van der Waals surface area contributed by atoms with E-state index in [1.54, 1.807) is 35.9 Å². The lowest BCUT2D eigenvalue weighted by Gasteiger charge is -2.17. The third-order valence-corrected chi connectivity index (χ3v) is 2.94. The van der Waals surface area contributed by atoms with E-state index in [0.717, 1.165) is 5.56 Å². The number of nitrogens with zero attached hydrogens (tertiary/aromatic N) is 2. The van der Waals surface area contributed by atoms with Crippen LogP contribution in [0.25, 0.3) is 0 Å². The van der Waals surface area contributed by atoms with E-state index in [-0.39, 0.29) is 12.3 Å². The minimum absolute atomic E-state index is 0.173. The van der Waals surface area contributed by atoms with Crippen molar-refractivity contribution in [2.45, 2.75) is 12.5 Å². The van der Waals surface area contributed by atoms with E-state index in [2.05, 4.69) is 10.3 Å². The number of carbonyl (C=O) groups is 2. The standard InChI is InChI=1S/C14H15N3O3/c1-17-9-15-8-12(17)14(20)16-11(7-13(18)19)10-5-3-2-4-6-10/h2-6,8-9,11H,7H2,1H3,(H,16,20)(H,18,19). The van der Waals surface area contributed by atoms with E-state index < -0.39 is 12.0 Å². The molecule has 6 nitrogen and oxygen atoms in total. The van der Waals surface area contributed by atoms with Crippen LogP contribution in [0, 0.1) is 0 Å². The Balaban J connectivity index is 2.18. The van der Waals surface area contributed by atoms with Gasteiger partial charge in [-0.25, -0.2) is 4.98 Å². The Morgan fingerprint density at radius 2 is 2.05 bits per heavy atom. The van der Waals surface area contributed by atoms with Crippen LogP contribution in [0.2, 0.25) is 0 Å². The average molecular weight is 273 g/mol. The maximum atomic E-state index is 12.1. The number of carboxylic acids is 1. The predicted octanol–water partition coefficient (Wildman–Crippen LogP) is 1.37. The maximum Gasteiger partial charge on any atom is 0.305 e. The van der Waals surface area contributed by atoms with Gasteiger partial charge in [0.15, 0.2) is 0 Å². The van der Waals surface area contributed by atoms with Gasteiger partial charge in [-0.2, -0.15) is 0 Å². The van der Waals surface area contributed by atoms with E-state index in [4.69, 9.17) is 5.11 Å². The molecule has 1 atom stereocenters. The summed E-state index contributed by atoms with van der Waals surface area (Å²) >= 11 is 0. The molecule has 0 saturated carbocycles. The number of benzene rings is 1. The Morgan fingerprint density at radius 3 is 2.60 bits per heavy atom. The lowest BCUT2D eigenvalue weighted by Crippen LogP contribution is -2.31. The number of imidazole rings is 1. The average Bonchev–Trinajstić information content (AvgIpc) is 2.85. The van der Waals surface area contributed by atoms with Crippen LogP contribution in [0.4, 0.5) is 0 Å². The molecule has 104 valence electrons. The van der Waals surface area contributed by atoms with Gasteiger partial charge in [-0.05, 0) is 5.56 Å². The predicted molar refractivity (Wildman–Crippen MR) is 72.1 cm³/mol. The second-order valence-electron chi connectivity index (χ2n) is 4.42. The van der Waals surface area contributed by atoms with E-state index in [9.17, 15) is 9.59 Å². The fourth-order valence-electron chi connectivity index (χ4n) is 1.92. The molecular weight excluding hydrogens is 258 g/mol. The molecule has 1 amide bonds. The summed E-state index contributed by atoms with van der Waals surface area (Å²) in [6.45, 7) is 0. The molecule has 1 aromatic carbocycles. The Morgan fingerprint density at radius 1 is 1.35 bits per heavy atom. The van der Waals surface area contributed by atoms with Gasteiger partial charge in [0.2, 0.25) is 0 Å². The molecule has 1 aromatic heterocycles. The number of hydrogen-bond donors (Lipinski definition) is 2. The molecule has 0 aliphatic rings. The number of aliphatic carboxylic acids is 1. The largest absolute Gasteiger partial charge is 0.481 e. The summed E-state index contributed by atoms with van der Waals surface area (Å²) in [5.74, 6) is -1.32. The van der Waals surface area contributed by atoms with Crippen LogP contribution in [0.15, 0.2) is 42.9 Å². The summed E-state index contributed by atoms with van der Waals surface area (Å²) in [4.78, 5) is 26.9. The molecule has 0 radical (unpaired) electrons. The summed E-state index contributed by atoms with van der Waals surface area (Å²) in [7, 11) is 1.70. The normalized spacial score (nSPS) is 11.8. The van der Waals surface area contributed by atoms with Gasteiger partial charge in [0.25, 0.3) is 5.91 Å². The highest BCUT2D eigenvalue weighted by molar-refractivity contribution is 5.92. The molecule has 0 bridgehead atoms. The number of rotatable bonds is 5. The second-order valence-corrected chi connectivity index (χ2v) is 4.42. The maximum absolute atomic E-state index is 12.1. The molecule has 2 rings (SSSR count). The van der Waals surface area contributed by atoms with Crippen LogP contribution < -0.4 is 5.32 Å². The first kappa shape index (κ1) is 13.8. The molecule has 0 fully saturated rings. The van der Waals surface area contributed by atoms with Gasteiger partial charge in [-0.15, -0.1) is 0 Å². The number of nitrogens with one attached hydrogen (secondary N) is 1. The van der Waals surface area contributed by atoms with Gasteiger partial charge < -0.3 is 15.0 Å². The first-order chi connectivity index (χ1) is 9.58. The van der Waals surface area contributed by atoms with E-state index in [0.29, 0.717) is 5.69 Å². The zero-order valence-electron chi connectivity index (χ0n) is 11.0. The minimum atomic E-state index is -0.968. The number of hydrogen-bond acceptors (Lipinski definition) is 3. The highest BCUT2D eigenvalue weighted by Crippen LogP contribution is 2.17. The summed E-state index contributed by atoms with van der Waals surface area (Å²) in [6.07, 6.45) is 2.79. The zero-order chi connectivity index (χ0) is 14.5. The number of aryl methyl sites for hydroxylation is 1. The molecule has 2 aromatic rings. The Hall–Kier alpha value is -2.63. The highest BCUT2D eigenvalue weighted by atomic mass is 16.4. The van der Waals surface area contributed by atoms with Crippen LogP contribution in [0.5, 0.6) is 0 Å². The van der Waals surface area contributed by atoms with Gasteiger partial charge in [-0.3, -0.25) is 9.59 Å². The van der Waals surface area contributed by atoms with E-state index in [1.807, 2.05) is 6.07 Å². The van der Waals surface area contributed by atoms with E-state index in [1.165, 1.54) is 12.5 Å². The second kappa shape index (κ2) is 6.01. The van der Waals surface area contributed by atoms with Gasteiger partial charge in [0.05, 0.1) is 25.0 Å². The fourth-order valence-corrected chi connectivity index (χ4v) is 1.92. The molecule has 0 saturated heterocycles. The van der Waals surface area contributed by atoms with Crippen molar-refractivity contribution in [2.24, 2.45) is 7.05 Å². The molecule has 6 heteroatoms. The smallest absolute Gasteiger partial charge is 0.305 e. The van der Waals surface area contributed by atoms with Crippen molar-refractivity contribution in [1.82, 2.24) is 14.9 Å². The number of aromatic nitrogens is 2. The molecule has 1 heterocycles. The molecular formula is C14H15N3O3. The third kappa shape index (κ3) is 3.23. The first-order valence-electron chi connectivity index (χ1n) is 6.12. The van der Waals surface area contributed by atoms with Gasteiger partial charge >= 0.3 is 5.97 Å². The Bertz CT molecular complexity index is 607. The Kier molecular flexibility index (Phi) is 4.14. The van der Waals surface area contributed by atoms with Gasteiger partial charge in [0, 0.05) is 7.05 Å². The van der Waals surface area contributed by atoms with Crippen molar-refractivity contribution in [3.8, 4) is 0 Å². The molecule has 1 unspecified atom stereocenters. The van der Waals surface area contributed by atoms with Crippen LogP contribution in [0.3, 0.4) is 0 Å². The van der Waals surface area contributed by atoms with Crippen molar-refractivity contribution >= 4 is 11.9 Å². The van der Waals surface area contributed by atoms with Crippen molar-refractivity contribution in [3.63, 3.8) is 0 Å². The minimum Gasteiger partial charge on any atom is -0.481 e. The topological polar surface area (TPSA) is 84.2 Å². The summed E-state index contributed by atoms with van der Waals surface area (Å²) in [5.41, 5.74) is 1.14. The molecule has 0 aliphatic heterocycles. The van der Waals surface area contributed by atoms with Crippen LogP contribution >= 0.6 is 0 Å². The summed E-state index contributed by atoms with van der Waals surface area (Å²) < 4.78 is 1.58. The van der Waals surface area contributed by atoms with Crippen LogP contribution in [-0.4, -0.2) is 26.5 Å². The van der Waals surface area contributed by atoms with E-state index >= 15 is 0 Å². The van der Waals surface area contributed by atoms with Crippen LogP contribution in [0.1, 0.15) is 28.5 Å². The summed E-state index contributed by atoms with van der Waals surface area (Å²) in [5, 5.41) is 11.7. The fraction of sp³-hybridized carbons (Fsp3) is 0.214. The molecule has 20 heavy (non-hydrogen) atoms. The molecule has 0 aliphatic carbocycles. The monoisotopic (exact) mass is 273 g/mol. The quantitative estimate of drug-likeness (QED) is 0.861. The van der Waals surface area contributed by atoms with Crippen molar-refractivity contribution < 1.29 is 14.7 Å². The van der Waals surface area contributed by atoms with Gasteiger partial charge in [0.1, 0.15) is 5.69 Å². The highest BCUT2D eigenvalue weighted by Gasteiger charge is 2.20. The first-order valence-corrected chi connectivity index (χ1v) is 6.12. The number of carboxylic acid groups (broad SMARTS) is 1.